The lowest BCUT2D eigenvalue weighted by molar-refractivity contribution is -0.124. The van der Waals surface area contributed by atoms with Gasteiger partial charge < -0.3 is 10.6 Å². The largest absolute Gasteiger partial charge is 0.305 e. The molecule has 4 heteroatoms. The Bertz CT molecular complexity index is 430. The lowest BCUT2D eigenvalue weighted by Crippen LogP contribution is -2.49. The maximum absolute atomic E-state index is 12.5. The molecule has 0 radical (unpaired) electrons. The third kappa shape index (κ3) is 15.7. The van der Waals surface area contributed by atoms with Crippen molar-refractivity contribution in [3.05, 3.63) is 0 Å². The van der Waals surface area contributed by atoms with Crippen LogP contribution in [0.4, 0.5) is 0 Å². The van der Waals surface area contributed by atoms with E-state index < -0.39 is 11.1 Å². The minimum atomic E-state index is -0.466. The molecule has 0 spiro atoms. The topological polar surface area (TPSA) is 58.2 Å². The number of nitrogens with one attached hydrogen (secondary N) is 2. The predicted molar refractivity (Wildman–Crippen MR) is 135 cm³/mol. The zero-order valence-corrected chi connectivity index (χ0v) is 21.8. The molecular formula is C27H54N2O2. The summed E-state index contributed by atoms with van der Waals surface area (Å²) in [5, 5.41) is 6.84. The zero-order valence-electron chi connectivity index (χ0n) is 21.8. The average Bonchev–Trinajstić information content (AvgIpc) is 2.72. The van der Waals surface area contributed by atoms with Gasteiger partial charge in [-0.3, -0.25) is 9.59 Å². The monoisotopic (exact) mass is 438 g/mol. The minimum Gasteiger partial charge on any atom is -0.305 e. The van der Waals surface area contributed by atoms with Gasteiger partial charge in [0.1, 0.15) is 0 Å². The molecule has 184 valence electrons. The third-order valence-electron chi connectivity index (χ3n) is 6.40. The van der Waals surface area contributed by atoms with Crippen LogP contribution in [0.15, 0.2) is 0 Å². The summed E-state index contributed by atoms with van der Waals surface area (Å²) in [6, 6.07) is 0. The van der Waals surface area contributed by atoms with Gasteiger partial charge in [-0.05, 0) is 60.0 Å². The van der Waals surface area contributed by atoms with Crippen molar-refractivity contribution >= 4 is 11.6 Å². The molecule has 0 heterocycles. The first-order chi connectivity index (χ1) is 14.7. The lowest BCUT2D eigenvalue weighted by Gasteiger charge is -2.27. The average molecular weight is 439 g/mol. The molecule has 0 bridgehead atoms. The number of hydrogen-bond donors (Lipinski definition) is 2. The summed E-state index contributed by atoms with van der Waals surface area (Å²) in [6.07, 6.45) is 16.8. The molecule has 0 aliphatic rings. The summed E-state index contributed by atoms with van der Waals surface area (Å²) in [6.45, 7) is 14.0. The van der Waals surface area contributed by atoms with Crippen molar-refractivity contribution in [2.75, 3.05) is 13.1 Å². The van der Waals surface area contributed by atoms with Crippen LogP contribution in [0.2, 0.25) is 0 Å². The van der Waals surface area contributed by atoms with Crippen LogP contribution in [0.5, 0.6) is 0 Å². The number of unbranched alkanes of at least 4 members (excludes halogenated alkanes) is 10. The maximum atomic E-state index is 12.5. The van der Waals surface area contributed by atoms with E-state index in [0.29, 0.717) is 24.4 Å². The number of rotatable bonds is 22. The summed E-state index contributed by atoms with van der Waals surface area (Å²) < 4.78 is 0. The van der Waals surface area contributed by atoms with Crippen LogP contribution in [0, 0.1) is 0 Å². The molecule has 0 aliphatic carbocycles. The minimum absolute atomic E-state index is 0.311. The van der Waals surface area contributed by atoms with E-state index in [1.807, 2.05) is 27.7 Å². The van der Waals surface area contributed by atoms with Gasteiger partial charge in [-0.2, -0.15) is 0 Å². The maximum Gasteiger partial charge on any atom is 0.152 e. The van der Waals surface area contributed by atoms with E-state index in [9.17, 15) is 9.59 Å². The van der Waals surface area contributed by atoms with Crippen molar-refractivity contribution in [2.45, 2.75) is 149 Å². The molecule has 2 N–H and O–H groups in total. The van der Waals surface area contributed by atoms with Gasteiger partial charge in [0, 0.05) is 12.8 Å². The Balaban J connectivity index is 3.94. The molecule has 0 fully saturated rings. The van der Waals surface area contributed by atoms with E-state index in [1.54, 1.807) is 0 Å². The quantitative estimate of drug-likeness (QED) is 0.183. The van der Waals surface area contributed by atoms with Crippen LogP contribution >= 0.6 is 0 Å². The number of carbonyl (C=O) groups is 2. The van der Waals surface area contributed by atoms with Gasteiger partial charge in [0.2, 0.25) is 0 Å². The van der Waals surface area contributed by atoms with Gasteiger partial charge >= 0.3 is 0 Å². The summed E-state index contributed by atoms with van der Waals surface area (Å²) in [4.78, 5) is 25.1. The highest BCUT2D eigenvalue weighted by Gasteiger charge is 2.27. The predicted octanol–water partition coefficient (Wildman–Crippen LogP) is 6.75. The van der Waals surface area contributed by atoms with Gasteiger partial charge in [-0.1, -0.05) is 78.1 Å². The first kappa shape index (κ1) is 30.3. The second-order valence-corrected chi connectivity index (χ2v) is 10.3. The van der Waals surface area contributed by atoms with Crippen molar-refractivity contribution < 1.29 is 9.59 Å². The fraction of sp³-hybridized carbons (Fsp3) is 0.926. The Kier molecular flexibility index (Phi) is 17.3. The molecule has 0 rings (SSSR count). The van der Waals surface area contributed by atoms with Crippen LogP contribution in [-0.2, 0) is 9.59 Å². The highest BCUT2D eigenvalue weighted by Crippen LogP contribution is 2.14. The number of hydrogen-bond acceptors (Lipinski definition) is 4. The van der Waals surface area contributed by atoms with Gasteiger partial charge in [0.25, 0.3) is 0 Å². The summed E-state index contributed by atoms with van der Waals surface area (Å²) in [7, 11) is 0. The van der Waals surface area contributed by atoms with Gasteiger partial charge in [-0.25, -0.2) is 0 Å². The highest BCUT2D eigenvalue weighted by molar-refractivity contribution is 5.87. The van der Waals surface area contributed by atoms with Crippen LogP contribution in [0.3, 0.4) is 0 Å². The Morgan fingerprint density at radius 1 is 0.516 bits per heavy atom. The van der Waals surface area contributed by atoms with Crippen molar-refractivity contribution in [3.63, 3.8) is 0 Å². The van der Waals surface area contributed by atoms with Crippen LogP contribution in [-0.4, -0.2) is 35.7 Å². The fourth-order valence-corrected chi connectivity index (χ4v) is 3.84. The molecule has 0 aromatic heterocycles. The SMILES string of the molecule is CCCCCCCCC(=O)C(C)(C)NCCCNC(C)(C)C(=O)CCCCCCCC. The molecular weight excluding hydrogens is 384 g/mol. The molecule has 0 amide bonds. The second-order valence-electron chi connectivity index (χ2n) is 10.3. The molecule has 4 nitrogen and oxygen atoms in total. The first-order valence-electron chi connectivity index (χ1n) is 13.2. The molecule has 0 aromatic carbocycles. The van der Waals surface area contributed by atoms with Crippen molar-refractivity contribution in [1.29, 1.82) is 0 Å². The number of ketones is 2. The first-order valence-corrected chi connectivity index (χ1v) is 13.2. The smallest absolute Gasteiger partial charge is 0.152 e. The van der Waals surface area contributed by atoms with Crippen molar-refractivity contribution in [3.8, 4) is 0 Å². The standard InChI is InChI=1S/C27H54N2O2/c1-7-9-11-13-15-17-20-24(30)26(3,4)28-22-19-23-29-27(5,6)25(31)21-18-16-14-12-10-8-2/h28-29H,7-23H2,1-6H3. The summed E-state index contributed by atoms with van der Waals surface area (Å²) in [5.41, 5.74) is -0.931. The van der Waals surface area contributed by atoms with Gasteiger partial charge in [0.15, 0.2) is 11.6 Å². The van der Waals surface area contributed by atoms with E-state index in [2.05, 4.69) is 24.5 Å². The Hall–Kier alpha value is -0.740. The molecule has 0 saturated heterocycles. The van der Waals surface area contributed by atoms with E-state index >= 15 is 0 Å². The summed E-state index contributed by atoms with van der Waals surface area (Å²) in [5.74, 6) is 0.621. The zero-order chi connectivity index (χ0) is 23.6. The summed E-state index contributed by atoms with van der Waals surface area (Å²) >= 11 is 0. The van der Waals surface area contributed by atoms with E-state index in [1.165, 1.54) is 51.4 Å². The van der Waals surface area contributed by atoms with Gasteiger partial charge in [-0.15, -0.1) is 0 Å². The van der Waals surface area contributed by atoms with E-state index in [4.69, 9.17) is 0 Å². The Labute approximate surface area is 194 Å². The molecule has 0 atom stereocenters. The molecule has 0 saturated carbocycles. The van der Waals surface area contributed by atoms with Crippen LogP contribution in [0.25, 0.3) is 0 Å². The normalized spacial score (nSPS) is 12.3. The van der Waals surface area contributed by atoms with E-state index in [0.717, 1.165) is 45.2 Å². The van der Waals surface area contributed by atoms with E-state index in [-0.39, 0.29) is 0 Å². The second kappa shape index (κ2) is 17.8. The highest BCUT2D eigenvalue weighted by atomic mass is 16.1. The Morgan fingerprint density at radius 2 is 0.839 bits per heavy atom. The van der Waals surface area contributed by atoms with Crippen LogP contribution < -0.4 is 10.6 Å². The number of Topliss-reactive ketones (excluding diaryl/α,β-unsaturated/α-hetero) is 2. The van der Waals surface area contributed by atoms with Crippen molar-refractivity contribution in [2.24, 2.45) is 0 Å². The fourth-order valence-electron chi connectivity index (χ4n) is 3.84. The van der Waals surface area contributed by atoms with Crippen LogP contribution in [0.1, 0.15) is 138 Å². The molecule has 0 aliphatic heterocycles. The lowest BCUT2D eigenvalue weighted by atomic mass is 9.93. The Morgan fingerprint density at radius 3 is 1.19 bits per heavy atom. The molecule has 0 unspecified atom stereocenters. The molecule has 0 aromatic rings. The van der Waals surface area contributed by atoms with Crippen molar-refractivity contribution in [1.82, 2.24) is 10.6 Å². The third-order valence-corrected chi connectivity index (χ3v) is 6.40. The number of carbonyl (C=O) groups excluding carboxylic acids is 2. The van der Waals surface area contributed by atoms with Gasteiger partial charge in [0.05, 0.1) is 11.1 Å². The molecule has 31 heavy (non-hydrogen) atoms.